The second-order valence-electron chi connectivity index (χ2n) is 2.47. The van der Waals surface area contributed by atoms with E-state index in [4.69, 9.17) is 4.74 Å². The Hall–Kier alpha value is -1.71. The minimum absolute atomic E-state index is 0.197. The summed E-state index contributed by atoms with van der Waals surface area (Å²) in [7, 11) is 1.40. The van der Waals surface area contributed by atoms with E-state index in [0.29, 0.717) is 5.71 Å². The van der Waals surface area contributed by atoms with Gasteiger partial charge in [-0.1, -0.05) is 0 Å². The second-order valence-corrected chi connectivity index (χ2v) is 2.47. The maximum Gasteiger partial charge on any atom is 0.243 e. The van der Waals surface area contributed by atoms with Gasteiger partial charge >= 0.3 is 0 Å². The number of methoxy groups -OCH3 is 1. The van der Waals surface area contributed by atoms with Crippen LogP contribution in [0.4, 0.5) is 0 Å². The predicted octanol–water partition coefficient (Wildman–Crippen LogP) is 0.643. The van der Waals surface area contributed by atoms with E-state index in [1.165, 1.54) is 32.3 Å². The number of nitrogens with zero attached hydrogens (tertiary/aromatic N) is 1. The molecule has 0 aliphatic heterocycles. The highest BCUT2D eigenvalue weighted by Gasteiger charge is 2.12. The SMILES string of the molecule is COC1=CC(=NC(C)=O)C=CC1=O. The molecule has 68 valence electrons. The highest BCUT2D eigenvalue weighted by molar-refractivity contribution is 6.20. The Balaban J connectivity index is 2.95. The van der Waals surface area contributed by atoms with Crippen LogP contribution in [-0.2, 0) is 14.3 Å². The van der Waals surface area contributed by atoms with Crippen molar-refractivity contribution >= 4 is 17.4 Å². The molecule has 0 aromatic carbocycles. The van der Waals surface area contributed by atoms with Gasteiger partial charge in [0.1, 0.15) is 0 Å². The van der Waals surface area contributed by atoms with Crippen molar-refractivity contribution in [2.24, 2.45) is 4.99 Å². The summed E-state index contributed by atoms with van der Waals surface area (Å²) in [6.45, 7) is 1.34. The maximum atomic E-state index is 11.0. The van der Waals surface area contributed by atoms with E-state index in [0.717, 1.165) is 0 Å². The van der Waals surface area contributed by atoms with E-state index < -0.39 is 0 Å². The first-order chi connectivity index (χ1) is 6.13. The zero-order chi connectivity index (χ0) is 9.84. The van der Waals surface area contributed by atoms with E-state index in [-0.39, 0.29) is 17.4 Å². The molecule has 0 fully saturated rings. The molecule has 1 rings (SSSR count). The first-order valence-electron chi connectivity index (χ1n) is 3.71. The average Bonchev–Trinajstić information content (AvgIpc) is 2.07. The van der Waals surface area contributed by atoms with Crippen LogP contribution in [0.5, 0.6) is 0 Å². The molecule has 0 saturated heterocycles. The number of amides is 1. The second kappa shape index (κ2) is 3.80. The highest BCUT2D eigenvalue weighted by Crippen LogP contribution is 2.06. The Kier molecular flexibility index (Phi) is 2.74. The number of carbonyl (C=O) groups is 2. The molecule has 1 aliphatic rings. The molecule has 0 aromatic rings. The lowest BCUT2D eigenvalue weighted by Crippen LogP contribution is -2.09. The van der Waals surface area contributed by atoms with Gasteiger partial charge in [0.2, 0.25) is 11.7 Å². The Morgan fingerprint density at radius 3 is 2.69 bits per heavy atom. The third-order valence-electron chi connectivity index (χ3n) is 1.43. The van der Waals surface area contributed by atoms with Gasteiger partial charge in [0, 0.05) is 13.0 Å². The maximum absolute atomic E-state index is 11.0. The van der Waals surface area contributed by atoms with E-state index >= 15 is 0 Å². The van der Waals surface area contributed by atoms with Crippen LogP contribution < -0.4 is 0 Å². The number of allylic oxidation sites excluding steroid dienone is 3. The van der Waals surface area contributed by atoms with Crippen molar-refractivity contribution in [1.29, 1.82) is 0 Å². The molecule has 0 atom stereocenters. The summed E-state index contributed by atoms with van der Waals surface area (Å²) >= 11 is 0. The Morgan fingerprint density at radius 1 is 1.46 bits per heavy atom. The zero-order valence-corrected chi connectivity index (χ0v) is 7.40. The largest absolute Gasteiger partial charge is 0.493 e. The van der Waals surface area contributed by atoms with Gasteiger partial charge < -0.3 is 4.74 Å². The number of aliphatic imine (C=N–C) groups is 1. The van der Waals surface area contributed by atoms with Crippen molar-refractivity contribution in [3.8, 4) is 0 Å². The molecule has 4 nitrogen and oxygen atoms in total. The summed E-state index contributed by atoms with van der Waals surface area (Å²) < 4.78 is 4.78. The summed E-state index contributed by atoms with van der Waals surface area (Å²) in [5.41, 5.74) is 0.434. The van der Waals surface area contributed by atoms with E-state index in [9.17, 15) is 9.59 Å². The summed E-state index contributed by atoms with van der Waals surface area (Å²) in [6, 6.07) is 0. The third kappa shape index (κ3) is 2.37. The Morgan fingerprint density at radius 2 is 2.15 bits per heavy atom. The summed E-state index contributed by atoms with van der Waals surface area (Å²) in [5, 5.41) is 0. The lowest BCUT2D eigenvalue weighted by molar-refractivity contribution is -0.116. The van der Waals surface area contributed by atoms with Gasteiger partial charge in [0.15, 0.2) is 5.76 Å². The predicted molar refractivity (Wildman–Crippen MR) is 47.4 cm³/mol. The molecule has 4 heteroatoms. The fraction of sp³-hybridized carbons (Fsp3) is 0.222. The number of rotatable bonds is 1. The average molecular weight is 179 g/mol. The van der Waals surface area contributed by atoms with Crippen molar-refractivity contribution < 1.29 is 14.3 Å². The topological polar surface area (TPSA) is 55.7 Å². The van der Waals surface area contributed by atoms with Gasteiger partial charge in [-0.15, -0.1) is 0 Å². The molecular weight excluding hydrogens is 170 g/mol. The highest BCUT2D eigenvalue weighted by atomic mass is 16.5. The van der Waals surface area contributed by atoms with Crippen LogP contribution in [0.3, 0.4) is 0 Å². The number of ether oxygens (including phenoxy) is 1. The fourth-order valence-corrected chi connectivity index (χ4v) is 0.908. The van der Waals surface area contributed by atoms with Crippen molar-refractivity contribution in [2.75, 3.05) is 7.11 Å². The van der Waals surface area contributed by atoms with Crippen LogP contribution in [0.2, 0.25) is 0 Å². The van der Waals surface area contributed by atoms with Crippen molar-refractivity contribution in [1.82, 2.24) is 0 Å². The molecule has 1 aliphatic carbocycles. The van der Waals surface area contributed by atoms with Gasteiger partial charge in [0.25, 0.3) is 0 Å². The number of ketones is 1. The van der Waals surface area contributed by atoms with Crippen LogP contribution in [0, 0.1) is 0 Å². The number of carbonyl (C=O) groups excluding carboxylic acids is 2. The minimum atomic E-state index is -0.305. The smallest absolute Gasteiger partial charge is 0.243 e. The molecule has 0 unspecified atom stereocenters. The van der Waals surface area contributed by atoms with Crippen LogP contribution in [0.15, 0.2) is 29.0 Å². The van der Waals surface area contributed by atoms with Gasteiger partial charge in [0.05, 0.1) is 12.8 Å². The molecule has 1 amide bonds. The molecule has 0 N–H and O–H groups in total. The van der Waals surface area contributed by atoms with E-state index in [1.54, 1.807) is 0 Å². The van der Waals surface area contributed by atoms with Gasteiger partial charge in [-0.05, 0) is 12.2 Å². The molecule has 0 spiro atoms. The molecule has 0 bridgehead atoms. The van der Waals surface area contributed by atoms with Crippen molar-refractivity contribution in [2.45, 2.75) is 6.92 Å². The molecule has 0 radical (unpaired) electrons. The molecule has 0 heterocycles. The van der Waals surface area contributed by atoms with Crippen LogP contribution in [0.1, 0.15) is 6.92 Å². The number of hydrogen-bond acceptors (Lipinski definition) is 3. The first-order valence-corrected chi connectivity index (χ1v) is 3.71. The molecular formula is C9H9NO3. The quantitative estimate of drug-likeness (QED) is 0.555. The zero-order valence-electron chi connectivity index (χ0n) is 7.40. The van der Waals surface area contributed by atoms with Crippen molar-refractivity contribution in [3.63, 3.8) is 0 Å². The van der Waals surface area contributed by atoms with Gasteiger partial charge in [-0.2, -0.15) is 0 Å². The first kappa shape index (κ1) is 9.38. The fourth-order valence-electron chi connectivity index (χ4n) is 0.908. The summed E-state index contributed by atoms with van der Waals surface area (Å²) in [4.78, 5) is 25.3. The van der Waals surface area contributed by atoms with Gasteiger partial charge in [-0.3, -0.25) is 9.59 Å². The lowest BCUT2D eigenvalue weighted by Gasteiger charge is -2.05. The summed E-state index contributed by atoms with van der Waals surface area (Å²) in [5.74, 6) is -0.326. The van der Waals surface area contributed by atoms with Crippen molar-refractivity contribution in [3.05, 3.63) is 24.0 Å². The monoisotopic (exact) mass is 179 g/mol. The van der Waals surface area contributed by atoms with Crippen LogP contribution >= 0.6 is 0 Å². The Bertz CT molecular complexity index is 337. The third-order valence-corrected chi connectivity index (χ3v) is 1.43. The van der Waals surface area contributed by atoms with Gasteiger partial charge in [-0.25, -0.2) is 4.99 Å². The lowest BCUT2D eigenvalue weighted by atomic mass is 10.1. The van der Waals surface area contributed by atoms with E-state index in [1.807, 2.05) is 0 Å². The minimum Gasteiger partial charge on any atom is -0.493 e. The van der Waals surface area contributed by atoms with Crippen LogP contribution in [0.25, 0.3) is 0 Å². The molecule has 0 aromatic heterocycles. The molecule has 0 saturated carbocycles. The van der Waals surface area contributed by atoms with Crippen LogP contribution in [-0.4, -0.2) is 24.5 Å². The van der Waals surface area contributed by atoms with E-state index in [2.05, 4.69) is 4.99 Å². The standard InChI is InChI=1S/C9H9NO3/c1-6(11)10-7-3-4-8(12)9(5-7)13-2/h3-5H,1-2H3. The normalized spacial score (nSPS) is 18.8. The summed E-state index contributed by atoms with van der Waals surface area (Å²) in [6.07, 6.45) is 4.23. The molecule has 13 heavy (non-hydrogen) atoms. The number of hydrogen-bond donors (Lipinski definition) is 0. The Labute approximate surface area is 75.6 Å².